The number of carboxylic acids is 1. The van der Waals surface area contributed by atoms with Crippen molar-refractivity contribution >= 4 is 18.0 Å². The summed E-state index contributed by atoms with van der Waals surface area (Å²) in [6.45, 7) is 0.653. The standard InChI is InChI=1S/C26H28N2O7/c29-16-11-22(25(31)32)28(13-16)24(30)23-15(9-10-34-23)12-27-26(33)35-14-21-19-7-3-1-5-17(19)18-6-2-4-8-20(18)21/h1-8,15-16,21-23,29H,9-14H2,(H,27,33)(H,31,32)/t15-,16-,22-,23-/m0/s1. The van der Waals surface area contributed by atoms with Crippen LogP contribution in [0.4, 0.5) is 4.79 Å². The number of hydrogen-bond donors (Lipinski definition) is 3. The molecule has 0 aromatic heterocycles. The van der Waals surface area contributed by atoms with Crippen LogP contribution in [0.25, 0.3) is 11.1 Å². The zero-order valence-electron chi connectivity index (χ0n) is 19.1. The molecule has 0 spiro atoms. The minimum atomic E-state index is -1.15. The van der Waals surface area contributed by atoms with Crippen LogP contribution in [0, 0.1) is 5.92 Å². The molecule has 9 heteroatoms. The van der Waals surface area contributed by atoms with Crippen molar-refractivity contribution in [3.8, 4) is 11.1 Å². The summed E-state index contributed by atoms with van der Waals surface area (Å²) in [5.74, 6) is -1.98. The molecule has 0 radical (unpaired) electrons. The number of β-amino-alcohol motifs (C(OH)–C–C–N with tert-alkyl or cyclic N) is 1. The number of carbonyl (C=O) groups is 3. The second kappa shape index (κ2) is 9.67. The Morgan fingerprint density at radius 1 is 1.06 bits per heavy atom. The molecule has 3 N–H and O–H groups in total. The molecule has 5 rings (SSSR count). The molecule has 2 aromatic rings. The van der Waals surface area contributed by atoms with Crippen LogP contribution in [0.5, 0.6) is 0 Å². The number of rotatable bonds is 6. The first-order valence-electron chi connectivity index (χ1n) is 11.9. The number of ether oxygens (including phenoxy) is 2. The number of carbonyl (C=O) groups excluding carboxylic acids is 2. The molecule has 2 saturated heterocycles. The van der Waals surface area contributed by atoms with Gasteiger partial charge in [0.25, 0.3) is 5.91 Å². The van der Waals surface area contributed by atoms with E-state index in [4.69, 9.17) is 9.47 Å². The molecule has 2 aromatic carbocycles. The molecule has 4 atom stereocenters. The number of hydrogen-bond acceptors (Lipinski definition) is 6. The van der Waals surface area contributed by atoms with Gasteiger partial charge in [0.2, 0.25) is 0 Å². The number of aliphatic hydroxyl groups is 1. The van der Waals surface area contributed by atoms with Gasteiger partial charge in [0, 0.05) is 38.0 Å². The Balaban J connectivity index is 1.17. The predicted molar refractivity (Wildman–Crippen MR) is 125 cm³/mol. The minimum absolute atomic E-state index is 0.00351. The highest BCUT2D eigenvalue weighted by Gasteiger charge is 2.45. The Morgan fingerprint density at radius 2 is 1.71 bits per heavy atom. The molecule has 9 nitrogen and oxygen atoms in total. The summed E-state index contributed by atoms with van der Waals surface area (Å²) >= 11 is 0. The summed E-state index contributed by atoms with van der Waals surface area (Å²) in [6.07, 6.45) is -1.77. The summed E-state index contributed by atoms with van der Waals surface area (Å²) in [5, 5.41) is 22.0. The quantitative estimate of drug-likeness (QED) is 0.577. The highest BCUT2D eigenvalue weighted by molar-refractivity contribution is 5.87. The van der Waals surface area contributed by atoms with Gasteiger partial charge in [-0.2, -0.15) is 0 Å². The van der Waals surface area contributed by atoms with Gasteiger partial charge in [-0.1, -0.05) is 48.5 Å². The predicted octanol–water partition coefficient (Wildman–Crippen LogP) is 1.98. The number of alkyl carbamates (subject to hydrolysis) is 1. The van der Waals surface area contributed by atoms with Crippen molar-refractivity contribution in [2.75, 3.05) is 26.3 Å². The lowest BCUT2D eigenvalue weighted by Gasteiger charge is -2.27. The van der Waals surface area contributed by atoms with Crippen LogP contribution in [-0.4, -0.2) is 77.6 Å². The minimum Gasteiger partial charge on any atom is -0.480 e. The van der Waals surface area contributed by atoms with Crippen molar-refractivity contribution < 1.29 is 34.1 Å². The van der Waals surface area contributed by atoms with Gasteiger partial charge in [-0.25, -0.2) is 9.59 Å². The summed E-state index contributed by atoms with van der Waals surface area (Å²) < 4.78 is 11.2. The third-order valence-corrected chi connectivity index (χ3v) is 7.16. The third kappa shape index (κ3) is 4.49. The van der Waals surface area contributed by atoms with E-state index in [1.165, 1.54) is 4.90 Å². The molecule has 2 heterocycles. The van der Waals surface area contributed by atoms with Crippen molar-refractivity contribution in [3.63, 3.8) is 0 Å². The van der Waals surface area contributed by atoms with Crippen LogP contribution in [0.15, 0.2) is 48.5 Å². The molecule has 2 amide bonds. The van der Waals surface area contributed by atoms with Crippen LogP contribution in [0.3, 0.4) is 0 Å². The molecule has 2 aliphatic heterocycles. The molecule has 35 heavy (non-hydrogen) atoms. The smallest absolute Gasteiger partial charge is 0.407 e. The van der Waals surface area contributed by atoms with Crippen LogP contribution < -0.4 is 5.32 Å². The fourth-order valence-electron chi connectivity index (χ4n) is 5.43. The lowest BCUT2D eigenvalue weighted by atomic mass is 9.98. The molecule has 0 saturated carbocycles. The number of amides is 2. The molecular weight excluding hydrogens is 452 g/mol. The van der Waals surface area contributed by atoms with Crippen LogP contribution in [-0.2, 0) is 19.1 Å². The largest absolute Gasteiger partial charge is 0.480 e. The Bertz CT molecular complexity index is 1090. The number of fused-ring (bicyclic) bond motifs is 3. The molecule has 3 aliphatic rings. The van der Waals surface area contributed by atoms with Crippen molar-refractivity contribution in [3.05, 3.63) is 59.7 Å². The van der Waals surface area contributed by atoms with Crippen molar-refractivity contribution in [2.24, 2.45) is 5.92 Å². The van der Waals surface area contributed by atoms with E-state index in [-0.39, 0.29) is 38.0 Å². The normalized spacial score (nSPS) is 25.2. The van der Waals surface area contributed by atoms with E-state index >= 15 is 0 Å². The number of aliphatic hydroxyl groups excluding tert-OH is 1. The average Bonchev–Trinajstić information content (AvgIpc) is 3.57. The van der Waals surface area contributed by atoms with Gasteiger partial charge in [0.1, 0.15) is 18.8 Å². The number of likely N-dealkylation sites (tertiary alicyclic amines) is 1. The van der Waals surface area contributed by atoms with Crippen molar-refractivity contribution in [1.29, 1.82) is 0 Å². The lowest BCUT2D eigenvalue weighted by molar-refractivity contribution is -0.153. The summed E-state index contributed by atoms with van der Waals surface area (Å²) in [6, 6.07) is 15.1. The molecule has 1 aliphatic carbocycles. The number of aliphatic carboxylic acids is 1. The fraction of sp³-hybridized carbons (Fsp3) is 0.423. The number of carboxylic acid groups (broad SMARTS) is 1. The Kier molecular flexibility index (Phi) is 6.44. The topological polar surface area (TPSA) is 125 Å². The number of benzene rings is 2. The lowest BCUT2D eigenvalue weighted by Crippen LogP contribution is -2.48. The maximum absolute atomic E-state index is 13.0. The Hall–Kier alpha value is -3.43. The highest BCUT2D eigenvalue weighted by atomic mass is 16.5. The van der Waals surface area contributed by atoms with Crippen LogP contribution in [0.2, 0.25) is 0 Å². The van der Waals surface area contributed by atoms with Gasteiger partial charge in [-0.3, -0.25) is 4.79 Å². The Labute approximate surface area is 202 Å². The second-order valence-corrected chi connectivity index (χ2v) is 9.28. The first kappa shape index (κ1) is 23.3. The van der Waals surface area contributed by atoms with Crippen molar-refractivity contribution in [2.45, 2.75) is 37.0 Å². The molecule has 184 valence electrons. The molecular formula is C26H28N2O7. The van der Waals surface area contributed by atoms with Gasteiger partial charge in [0.05, 0.1) is 6.10 Å². The molecule has 2 fully saturated rings. The average molecular weight is 481 g/mol. The van der Waals surface area contributed by atoms with E-state index in [2.05, 4.69) is 17.4 Å². The van der Waals surface area contributed by atoms with E-state index in [1.807, 2.05) is 36.4 Å². The molecule has 0 bridgehead atoms. The maximum Gasteiger partial charge on any atom is 0.407 e. The van der Waals surface area contributed by atoms with E-state index in [9.17, 15) is 24.6 Å². The van der Waals surface area contributed by atoms with Gasteiger partial charge >= 0.3 is 12.1 Å². The summed E-state index contributed by atoms with van der Waals surface area (Å²) in [5.41, 5.74) is 4.54. The van der Waals surface area contributed by atoms with Crippen LogP contribution >= 0.6 is 0 Å². The number of nitrogens with one attached hydrogen (secondary N) is 1. The van der Waals surface area contributed by atoms with E-state index < -0.39 is 36.2 Å². The zero-order chi connectivity index (χ0) is 24.5. The summed E-state index contributed by atoms with van der Waals surface area (Å²) in [7, 11) is 0. The maximum atomic E-state index is 13.0. The first-order chi connectivity index (χ1) is 16.9. The van der Waals surface area contributed by atoms with Gasteiger partial charge in [-0.05, 0) is 28.7 Å². The molecule has 0 unspecified atom stereocenters. The van der Waals surface area contributed by atoms with Gasteiger partial charge in [0.15, 0.2) is 0 Å². The van der Waals surface area contributed by atoms with Gasteiger partial charge < -0.3 is 29.9 Å². The summed E-state index contributed by atoms with van der Waals surface area (Å²) in [4.78, 5) is 38.2. The van der Waals surface area contributed by atoms with E-state index in [0.717, 1.165) is 22.3 Å². The first-order valence-corrected chi connectivity index (χ1v) is 11.9. The fourth-order valence-corrected chi connectivity index (χ4v) is 5.43. The van der Waals surface area contributed by atoms with E-state index in [0.29, 0.717) is 13.0 Å². The third-order valence-electron chi connectivity index (χ3n) is 7.16. The van der Waals surface area contributed by atoms with Crippen molar-refractivity contribution in [1.82, 2.24) is 10.2 Å². The van der Waals surface area contributed by atoms with Gasteiger partial charge in [-0.15, -0.1) is 0 Å². The second-order valence-electron chi connectivity index (χ2n) is 9.28. The zero-order valence-corrected chi connectivity index (χ0v) is 19.1. The highest BCUT2D eigenvalue weighted by Crippen LogP contribution is 2.44. The number of nitrogens with zero attached hydrogens (tertiary/aromatic N) is 1. The van der Waals surface area contributed by atoms with Crippen LogP contribution in [0.1, 0.15) is 29.9 Å². The monoisotopic (exact) mass is 480 g/mol. The Morgan fingerprint density at radius 3 is 2.37 bits per heavy atom. The SMILES string of the molecule is O=C(NC[C@@H]1CCO[C@@H]1C(=O)N1C[C@@H](O)C[C@H]1C(=O)O)OCC1c2ccccc2-c2ccccc21. The van der Waals surface area contributed by atoms with E-state index in [1.54, 1.807) is 0 Å².